The molecule has 112 valence electrons. The summed E-state index contributed by atoms with van der Waals surface area (Å²) in [5.41, 5.74) is 2.65. The van der Waals surface area contributed by atoms with Crippen molar-refractivity contribution in [2.24, 2.45) is 0 Å². The summed E-state index contributed by atoms with van der Waals surface area (Å²) in [5, 5.41) is 3.29. The predicted molar refractivity (Wildman–Crippen MR) is 82.8 cm³/mol. The molecule has 1 amide bonds. The van der Waals surface area contributed by atoms with Gasteiger partial charge in [0, 0.05) is 38.1 Å². The molecule has 4 rings (SSSR count). The highest BCUT2D eigenvalue weighted by Crippen LogP contribution is 2.32. The van der Waals surface area contributed by atoms with E-state index in [1.807, 2.05) is 43.6 Å². The summed E-state index contributed by atoms with van der Waals surface area (Å²) in [4.78, 5) is 18.6. The monoisotopic (exact) mass is 295 g/mol. The molecule has 2 aliphatic heterocycles. The molecule has 5 nitrogen and oxygen atoms in total. The van der Waals surface area contributed by atoms with Gasteiger partial charge in [-0.05, 0) is 23.8 Å². The third kappa shape index (κ3) is 2.05. The Kier molecular flexibility index (Phi) is 3.08. The Morgan fingerprint density at radius 1 is 1.27 bits per heavy atom. The number of carbonyl (C=O) groups excluding carboxylic acids is 1. The summed E-state index contributed by atoms with van der Waals surface area (Å²) in [7, 11) is 1.85. The molecule has 0 aliphatic carbocycles. The minimum absolute atomic E-state index is 0.000603. The van der Waals surface area contributed by atoms with Gasteiger partial charge in [0.15, 0.2) is 0 Å². The third-order valence-corrected chi connectivity index (χ3v) is 4.43. The van der Waals surface area contributed by atoms with Gasteiger partial charge in [-0.15, -0.1) is 0 Å². The molecule has 1 fully saturated rings. The second-order valence-electron chi connectivity index (χ2n) is 5.75. The first kappa shape index (κ1) is 13.3. The summed E-state index contributed by atoms with van der Waals surface area (Å²) in [6.45, 7) is 1.54. The van der Waals surface area contributed by atoms with Crippen molar-refractivity contribution in [2.45, 2.75) is 12.1 Å². The number of ether oxygens (including phenoxy) is 1. The largest absolute Gasteiger partial charge is 0.486 e. The van der Waals surface area contributed by atoms with Crippen LogP contribution < -0.4 is 10.1 Å². The SMILES string of the molecule is CN1C(=O)c2ccc(-c3cccnc3)cc2O[C@H]2CNC[C@H]21. The summed E-state index contributed by atoms with van der Waals surface area (Å²) in [6.07, 6.45) is 3.56. The van der Waals surface area contributed by atoms with Crippen molar-refractivity contribution in [3.8, 4) is 16.9 Å². The zero-order valence-electron chi connectivity index (χ0n) is 12.3. The molecule has 2 aromatic rings. The van der Waals surface area contributed by atoms with E-state index in [4.69, 9.17) is 4.74 Å². The van der Waals surface area contributed by atoms with Gasteiger partial charge < -0.3 is 15.0 Å². The maximum Gasteiger partial charge on any atom is 0.257 e. The number of nitrogens with zero attached hydrogens (tertiary/aromatic N) is 2. The molecule has 0 unspecified atom stereocenters. The molecular formula is C17H17N3O2. The first-order valence-corrected chi connectivity index (χ1v) is 7.43. The van der Waals surface area contributed by atoms with Crippen LogP contribution >= 0.6 is 0 Å². The molecule has 2 aliphatic rings. The van der Waals surface area contributed by atoms with Crippen LogP contribution in [0.5, 0.6) is 5.75 Å². The van der Waals surface area contributed by atoms with E-state index in [0.717, 1.165) is 24.2 Å². The Hall–Kier alpha value is -2.40. The van der Waals surface area contributed by atoms with Crippen LogP contribution in [0.25, 0.3) is 11.1 Å². The molecule has 1 aromatic carbocycles. The highest BCUT2D eigenvalue weighted by Gasteiger charge is 2.38. The zero-order chi connectivity index (χ0) is 15.1. The lowest BCUT2D eigenvalue weighted by Crippen LogP contribution is -2.44. The van der Waals surface area contributed by atoms with E-state index in [0.29, 0.717) is 11.3 Å². The number of nitrogens with one attached hydrogen (secondary N) is 1. The van der Waals surface area contributed by atoms with Gasteiger partial charge in [-0.2, -0.15) is 0 Å². The van der Waals surface area contributed by atoms with Crippen molar-refractivity contribution in [1.29, 1.82) is 0 Å². The van der Waals surface area contributed by atoms with Gasteiger partial charge in [-0.3, -0.25) is 9.78 Å². The highest BCUT2D eigenvalue weighted by molar-refractivity contribution is 5.98. The number of hydrogen-bond acceptors (Lipinski definition) is 4. The van der Waals surface area contributed by atoms with Gasteiger partial charge in [0.1, 0.15) is 11.9 Å². The van der Waals surface area contributed by atoms with E-state index in [9.17, 15) is 4.79 Å². The van der Waals surface area contributed by atoms with Crippen LogP contribution in [0, 0.1) is 0 Å². The molecule has 5 heteroatoms. The standard InChI is InChI=1S/C17H17N3O2/c1-20-14-9-19-10-16(14)22-15-7-11(4-5-13(15)17(20)21)12-3-2-6-18-8-12/h2-8,14,16,19H,9-10H2,1H3/t14-,16+/m1/s1. The number of likely N-dealkylation sites (N-methyl/N-ethyl adjacent to an activating group) is 1. The van der Waals surface area contributed by atoms with Gasteiger partial charge in [0.2, 0.25) is 0 Å². The Bertz CT molecular complexity index is 717. The van der Waals surface area contributed by atoms with Crippen LogP contribution in [0.4, 0.5) is 0 Å². The molecule has 1 aromatic heterocycles. The number of amides is 1. The van der Waals surface area contributed by atoms with Crippen LogP contribution in [0.3, 0.4) is 0 Å². The van der Waals surface area contributed by atoms with E-state index >= 15 is 0 Å². The lowest BCUT2D eigenvalue weighted by Gasteiger charge is -2.24. The molecule has 0 radical (unpaired) electrons. The quantitative estimate of drug-likeness (QED) is 0.867. The van der Waals surface area contributed by atoms with Crippen molar-refractivity contribution in [2.75, 3.05) is 20.1 Å². The van der Waals surface area contributed by atoms with Crippen molar-refractivity contribution < 1.29 is 9.53 Å². The lowest BCUT2D eigenvalue weighted by atomic mass is 10.0. The zero-order valence-corrected chi connectivity index (χ0v) is 12.3. The fourth-order valence-corrected chi connectivity index (χ4v) is 3.16. The topological polar surface area (TPSA) is 54.5 Å². The van der Waals surface area contributed by atoms with E-state index in [1.54, 1.807) is 11.1 Å². The first-order chi connectivity index (χ1) is 10.7. The van der Waals surface area contributed by atoms with Crippen LogP contribution in [0.2, 0.25) is 0 Å². The Balaban J connectivity index is 1.78. The fourth-order valence-electron chi connectivity index (χ4n) is 3.16. The summed E-state index contributed by atoms with van der Waals surface area (Å²) < 4.78 is 6.14. The minimum atomic E-state index is -0.000603. The number of pyridine rings is 1. The van der Waals surface area contributed by atoms with Gasteiger partial charge in [0.25, 0.3) is 5.91 Å². The van der Waals surface area contributed by atoms with Crippen molar-refractivity contribution in [1.82, 2.24) is 15.2 Å². The molecule has 0 saturated carbocycles. The average molecular weight is 295 g/mol. The van der Waals surface area contributed by atoms with Crippen LogP contribution in [-0.2, 0) is 0 Å². The predicted octanol–water partition coefficient (Wildman–Crippen LogP) is 1.55. The van der Waals surface area contributed by atoms with Gasteiger partial charge in [0.05, 0.1) is 11.6 Å². The number of fused-ring (bicyclic) bond motifs is 2. The maximum atomic E-state index is 12.6. The minimum Gasteiger partial charge on any atom is -0.486 e. The fraction of sp³-hybridized carbons (Fsp3) is 0.294. The molecule has 0 spiro atoms. The van der Waals surface area contributed by atoms with Crippen molar-refractivity contribution in [3.63, 3.8) is 0 Å². The number of rotatable bonds is 1. The molecule has 22 heavy (non-hydrogen) atoms. The van der Waals surface area contributed by atoms with Gasteiger partial charge >= 0.3 is 0 Å². The summed E-state index contributed by atoms with van der Waals surface area (Å²) in [5.74, 6) is 0.679. The smallest absolute Gasteiger partial charge is 0.257 e. The van der Waals surface area contributed by atoms with Crippen LogP contribution in [0.15, 0.2) is 42.7 Å². The first-order valence-electron chi connectivity index (χ1n) is 7.43. The van der Waals surface area contributed by atoms with Crippen molar-refractivity contribution in [3.05, 3.63) is 48.3 Å². The number of benzene rings is 1. The lowest BCUT2D eigenvalue weighted by molar-refractivity contribution is 0.0683. The second-order valence-corrected chi connectivity index (χ2v) is 5.75. The van der Waals surface area contributed by atoms with Crippen LogP contribution in [-0.4, -0.2) is 48.1 Å². The maximum absolute atomic E-state index is 12.6. The molecule has 2 atom stereocenters. The molecule has 1 N–H and O–H groups in total. The van der Waals surface area contributed by atoms with E-state index in [-0.39, 0.29) is 18.1 Å². The Morgan fingerprint density at radius 3 is 3.00 bits per heavy atom. The van der Waals surface area contributed by atoms with Crippen molar-refractivity contribution >= 4 is 5.91 Å². The van der Waals surface area contributed by atoms with Gasteiger partial charge in [-0.25, -0.2) is 0 Å². The Labute approximate surface area is 128 Å². The van der Waals surface area contributed by atoms with Crippen LogP contribution in [0.1, 0.15) is 10.4 Å². The molecule has 0 bridgehead atoms. The molecular weight excluding hydrogens is 278 g/mol. The van der Waals surface area contributed by atoms with E-state index in [2.05, 4.69) is 10.3 Å². The summed E-state index contributed by atoms with van der Waals surface area (Å²) in [6, 6.07) is 9.73. The number of aromatic nitrogens is 1. The third-order valence-electron chi connectivity index (χ3n) is 4.43. The molecule has 1 saturated heterocycles. The average Bonchev–Trinajstić information content (AvgIpc) is 2.99. The normalized spacial score (nSPS) is 23.5. The van der Waals surface area contributed by atoms with Gasteiger partial charge in [-0.1, -0.05) is 12.1 Å². The summed E-state index contributed by atoms with van der Waals surface area (Å²) >= 11 is 0. The number of carbonyl (C=O) groups is 1. The Morgan fingerprint density at radius 2 is 2.18 bits per heavy atom. The highest BCUT2D eigenvalue weighted by atomic mass is 16.5. The van der Waals surface area contributed by atoms with E-state index in [1.165, 1.54) is 0 Å². The second kappa shape index (κ2) is 5.10. The molecule has 3 heterocycles. The van der Waals surface area contributed by atoms with E-state index < -0.39 is 0 Å². The number of hydrogen-bond donors (Lipinski definition) is 1.